The minimum Gasteiger partial charge on any atom is -0.464 e. The van der Waals surface area contributed by atoms with E-state index in [0.29, 0.717) is 35.3 Å². The molecular formula is C27H35N3O6S. The van der Waals surface area contributed by atoms with Crippen LogP contribution in [0.15, 0.2) is 48.5 Å². The number of hydrogen-bond acceptors (Lipinski definition) is 5. The molecule has 200 valence electrons. The van der Waals surface area contributed by atoms with Gasteiger partial charge in [-0.25, -0.2) is 23.3 Å². The molecule has 0 saturated carbocycles. The highest BCUT2D eigenvalue weighted by Gasteiger charge is 2.29. The first-order chi connectivity index (χ1) is 17.4. The summed E-state index contributed by atoms with van der Waals surface area (Å²) in [6.45, 7) is 6.41. The summed E-state index contributed by atoms with van der Waals surface area (Å²) >= 11 is 0. The Balaban J connectivity index is 1.92. The van der Waals surface area contributed by atoms with E-state index < -0.39 is 22.0 Å². The highest BCUT2D eigenvalue weighted by molar-refractivity contribution is 7.92. The largest absolute Gasteiger partial charge is 0.464 e. The Morgan fingerprint density at radius 3 is 2.16 bits per heavy atom. The minimum absolute atomic E-state index is 0.220. The van der Waals surface area contributed by atoms with Crippen LogP contribution in [0.1, 0.15) is 58.4 Å². The Morgan fingerprint density at radius 2 is 1.59 bits per heavy atom. The quantitative estimate of drug-likeness (QED) is 0.184. The average Bonchev–Trinajstić information content (AvgIpc) is 3.19. The van der Waals surface area contributed by atoms with E-state index in [9.17, 15) is 23.1 Å². The molecule has 0 aliphatic rings. The molecule has 3 aromatic rings. The number of nitrogens with one attached hydrogen (secondary N) is 1. The van der Waals surface area contributed by atoms with Crippen LogP contribution >= 0.6 is 0 Å². The number of benzene rings is 2. The van der Waals surface area contributed by atoms with Crippen LogP contribution in [-0.2, 0) is 20.2 Å². The first-order valence-electron chi connectivity index (χ1n) is 12.2. The minimum atomic E-state index is -3.54. The molecule has 0 bridgehead atoms. The maximum Gasteiger partial charge on any atom is 0.416 e. The Morgan fingerprint density at radius 1 is 0.973 bits per heavy atom. The van der Waals surface area contributed by atoms with Gasteiger partial charge in [0.25, 0.3) is 0 Å². The molecule has 0 spiro atoms. The number of carbonyl (C=O) groups is 2. The number of amides is 1. The molecule has 9 nitrogen and oxygen atoms in total. The number of hydroxylamine groups is 1. The van der Waals surface area contributed by atoms with Crippen molar-refractivity contribution in [2.24, 2.45) is 0 Å². The lowest BCUT2D eigenvalue weighted by Crippen LogP contribution is -2.30. The Labute approximate surface area is 217 Å². The van der Waals surface area contributed by atoms with Gasteiger partial charge in [-0.2, -0.15) is 0 Å². The molecule has 3 N–H and O–H groups in total. The number of rotatable bonds is 10. The molecule has 0 saturated heterocycles. The fourth-order valence-corrected chi connectivity index (χ4v) is 5.66. The maximum absolute atomic E-state index is 12.5. The van der Waals surface area contributed by atoms with Crippen LogP contribution in [0.5, 0.6) is 0 Å². The van der Waals surface area contributed by atoms with Gasteiger partial charge in [-0.05, 0) is 47.6 Å². The standard InChI is InChI=1S/C27H35N3O6S/c1-27(2,3)24-21-11-8-9-12-22(21)30(26(32)33)25(24)19-14-16-20(17-15-19)29(37(4,35)36)18-10-6-5-7-13-23(31)28-34/h8-9,11-12,14-17,34H,5-7,10,13,18H2,1-4H3,(H,28,31)(H,32,33). The molecule has 0 aliphatic carbocycles. The van der Waals surface area contributed by atoms with Gasteiger partial charge in [-0.15, -0.1) is 0 Å². The smallest absolute Gasteiger partial charge is 0.416 e. The zero-order valence-electron chi connectivity index (χ0n) is 21.7. The lowest BCUT2D eigenvalue weighted by atomic mass is 9.83. The van der Waals surface area contributed by atoms with E-state index >= 15 is 0 Å². The van der Waals surface area contributed by atoms with Crippen LogP contribution in [0.4, 0.5) is 10.5 Å². The second-order valence-corrected chi connectivity index (χ2v) is 12.1. The van der Waals surface area contributed by atoms with Crippen LogP contribution < -0.4 is 9.79 Å². The molecular weight excluding hydrogens is 494 g/mol. The van der Waals surface area contributed by atoms with Gasteiger partial charge in [0.2, 0.25) is 15.9 Å². The Hall–Kier alpha value is -3.37. The summed E-state index contributed by atoms with van der Waals surface area (Å²) in [5.41, 5.74) is 4.53. The highest BCUT2D eigenvalue weighted by atomic mass is 32.2. The normalized spacial score (nSPS) is 12.0. The summed E-state index contributed by atoms with van der Waals surface area (Å²) in [4.78, 5) is 23.4. The van der Waals surface area contributed by atoms with Gasteiger partial charge >= 0.3 is 6.09 Å². The molecule has 0 unspecified atom stereocenters. The lowest BCUT2D eigenvalue weighted by molar-refractivity contribution is -0.129. The second-order valence-electron chi connectivity index (χ2n) is 10.2. The Kier molecular flexibility index (Phi) is 8.65. The summed E-state index contributed by atoms with van der Waals surface area (Å²) in [5.74, 6) is -0.436. The van der Waals surface area contributed by atoms with Crippen LogP contribution in [0.2, 0.25) is 0 Å². The zero-order chi connectivity index (χ0) is 27.4. The predicted octanol–water partition coefficient (Wildman–Crippen LogP) is 5.35. The third-order valence-electron chi connectivity index (χ3n) is 6.28. The van der Waals surface area contributed by atoms with E-state index in [4.69, 9.17) is 5.21 Å². The second kappa shape index (κ2) is 11.4. The molecule has 1 heterocycles. The third kappa shape index (κ3) is 6.50. The van der Waals surface area contributed by atoms with E-state index in [1.165, 1.54) is 8.87 Å². The first kappa shape index (κ1) is 28.2. The van der Waals surface area contributed by atoms with Crippen molar-refractivity contribution in [2.75, 3.05) is 17.1 Å². The van der Waals surface area contributed by atoms with Gasteiger partial charge < -0.3 is 5.11 Å². The van der Waals surface area contributed by atoms with E-state index in [1.54, 1.807) is 35.8 Å². The van der Waals surface area contributed by atoms with Crippen molar-refractivity contribution >= 4 is 38.6 Å². The van der Waals surface area contributed by atoms with Crippen molar-refractivity contribution in [3.8, 4) is 11.3 Å². The Bertz CT molecular complexity index is 1370. The number of carbonyl (C=O) groups excluding carboxylic acids is 1. The van der Waals surface area contributed by atoms with Crippen molar-refractivity contribution in [2.45, 2.75) is 58.3 Å². The number of fused-ring (bicyclic) bond motifs is 1. The van der Waals surface area contributed by atoms with Gasteiger partial charge in [0, 0.05) is 18.4 Å². The summed E-state index contributed by atoms with van der Waals surface area (Å²) in [7, 11) is -3.54. The van der Waals surface area contributed by atoms with Gasteiger partial charge in [-0.1, -0.05) is 63.9 Å². The molecule has 37 heavy (non-hydrogen) atoms. The maximum atomic E-state index is 12.5. The van der Waals surface area contributed by atoms with Gasteiger partial charge in [0.15, 0.2) is 0 Å². The number of unbranched alkanes of at least 4 members (excludes halogenated alkanes) is 3. The van der Waals surface area contributed by atoms with Crippen LogP contribution in [0.25, 0.3) is 22.2 Å². The number of anilines is 1. The molecule has 0 fully saturated rings. The molecule has 10 heteroatoms. The summed E-state index contributed by atoms with van der Waals surface area (Å²) in [5, 5.41) is 19.5. The fraction of sp³-hybridized carbons (Fsp3) is 0.407. The van der Waals surface area contributed by atoms with E-state index in [1.807, 2.05) is 39.0 Å². The number of sulfonamides is 1. The number of para-hydroxylation sites is 1. The summed E-state index contributed by atoms with van der Waals surface area (Å²) in [6.07, 6.45) is 2.98. The average molecular weight is 530 g/mol. The SMILES string of the molecule is CC(C)(C)c1c(-c2ccc(N(CCCCCCC(=O)NO)S(C)(=O)=O)cc2)n(C(=O)O)c2ccccc12. The van der Waals surface area contributed by atoms with Crippen molar-refractivity contribution in [3.05, 3.63) is 54.1 Å². The topological polar surface area (TPSA) is 129 Å². The van der Waals surface area contributed by atoms with Gasteiger partial charge in [0.1, 0.15) is 0 Å². The first-order valence-corrected chi connectivity index (χ1v) is 14.1. The van der Waals surface area contributed by atoms with E-state index in [-0.39, 0.29) is 18.4 Å². The number of carboxylic acid groups (broad SMARTS) is 1. The predicted molar refractivity (Wildman–Crippen MR) is 145 cm³/mol. The van der Waals surface area contributed by atoms with Crippen LogP contribution in [0.3, 0.4) is 0 Å². The molecule has 0 aliphatic heterocycles. The van der Waals surface area contributed by atoms with Crippen molar-refractivity contribution in [1.82, 2.24) is 10.0 Å². The van der Waals surface area contributed by atoms with Crippen LogP contribution in [0, 0.1) is 0 Å². The fourth-order valence-electron chi connectivity index (χ4n) is 4.69. The van der Waals surface area contributed by atoms with Crippen molar-refractivity contribution < 1.29 is 28.3 Å². The molecule has 1 aromatic heterocycles. The number of hydrogen-bond donors (Lipinski definition) is 3. The zero-order valence-corrected chi connectivity index (χ0v) is 22.5. The molecule has 2 aromatic carbocycles. The molecule has 0 atom stereocenters. The summed E-state index contributed by atoms with van der Waals surface area (Å²) in [6, 6.07) is 14.4. The summed E-state index contributed by atoms with van der Waals surface area (Å²) < 4.78 is 27.7. The van der Waals surface area contributed by atoms with Gasteiger partial charge in [0.05, 0.1) is 23.2 Å². The van der Waals surface area contributed by atoms with Crippen molar-refractivity contribution in [1.29, 1.82) is 0 Å². The van der Waals surface area contributed by atoms with E-state index in [0.717, 1.165) is 30.0 Å². The van der Waals surface area contributed by atoms with Gasteiger partial charge in [-0.3, -0.25) is 14.3 Å². The van der Waals surface area contributed by atoms with Crippen molar-refractivity contribution in [3.63, 3.8) is 0 Å². The lowest BCUT2D eigenvalue weighted by Gasteiger charge is -2.24. The number of nitrogens with zero attached hydrogens (tertiary/aromatic N) is 2. The molecule has 0 radical (unpaired) electrons. The van der Waals surface area contributed by atoms with Crippen LogP contribution in [-0.4, -0.2) is 48.1 Å². The molecule has 1 amide bonds. The monoisotopic (exact) mass is 529 g/mol. The third-order valence-corrected chi connectivity index (χ3v) is 7.48. The molecule has 3 rings (SSSR count). The highest BCUT2D eigenvalue weighted by Crippen LogP contribution is 2.41. The van der Waals surface area contributed by atoms with E-state index in [2.05, 4.69) is 0 Å². The number of aromatic nitrogens is 1.